The highest BCUT2D eigenvalue weighted by atomic mass is 35.5. The van der Waals surface area contributed by atoms with Gasteiger partial charge in [-0.25, -0.2) is 4.98 Å². The lowest BCUT2D eigenvalue weighted by Gasteiger charge is -2.19. The molecule has 2 heterocycles. The molecule has 0 N–H and O–H groups in total. The van der Waals surface area contributed by atoms with Crippen molar-refractivity contribution in [2.75, 3.05) is 14.1 Å². The highest BCUT2D eigenvalue weighted by Crippen LogP contribution is 2.43. The highest BCUT2D eigenvalue weighted by molar-refractivity contribution is 7.19. The number of hydrogen-bond acceptors (Lipinski definition) is 3. The van der Waals surface area contributed by atoms with E-state index < -0.39 is 0 Å². The van der Waals surface area contributed by atoms with Gasteiger partial charge in [-0.1, -0.05) is 30.3 Å². The van der Waals surface area contributed by atoms with Crippen molar-refractivity contribution in [3.8, 4) is 11.1 Å². The Hall–Kier alpha value is -1.91. The Labute approximate surface area is 164 Å². The lowest BCUT2D eigenvalue weighted by Crippen LogP contribution is -2.24. The summed E-state index contributed by atoms with van der Waals surface area (Å²) in [5, 5.41) is 1.21. The van der Waals surface area contributed by atoms with Crippen LogP contribution in [0.3, 0.4) is 0 Å². The van der Waals surface area contributed by atoms with E-state index in [0.29, 0.717) is 0 Å². The summed E-state index contributed by atoms with van der Waals surface area (Å²) in [4.78, 5) is 22.0. The average molecular weight is 387 g/mol. The van der Waals surface area contributed by atoms with Crippen molar-refractivity contribution in [3.05, 3.63) is 52.0 Å². The average Bonchev–Trinajstić information content (AvgIpc) is 2.98. The van der Waals surface area contributed by atoms with Crippen LogP contribution in [0.25, 0.3) is 21.3 Å². The lowest BCUT2D eigenvalue weighted by molar-refractivity contribution is 0.0827. The van der Waals surface area contributed by atoms with E-state index in [0.717, 1.165) is 40.1 Å². The van der Waals surface area contributed by atoms with Crippen LogP contribution in [0.2, 0.25) is 0 Å². The Morgan fingerprint density at radius 1 is 1.12 bits per heavy atom. The number of carbonyl (C=O) groups excluding carboxylic acids is 1. The van der Waals surface area contributed by atoms with Crippen molar-refractivity contribution in [3.63, 3.8) is 0 Å². The fourth-order valence-corrected chi connectivity index (χ4v) is 5.10. The zero-order chi connectivity index (χ0) is 17.6. The minimum atomic E-state index is 0. The number of carbonyl (C=O) groups is 1. The van der Waals surface area contributed by atoms with Crippen molar-refractivity contribution in [1.29, 1.82) is 0 Å². The van der Waals surface area contributed by atoms with Crippen LogP contribution in [-0.2, 0) is 12.8 Å². The summed E-state index contributed by atoms with van der Waals surface area (Å²) in [5.41, 5.74) is 5.17. The maximum absolute atomic E-state index is 13.0. The Bertz CT molecular complexity index is 963. The molecular formula is C21H23ClN2OS. The second-order valence-electron chi connectivity index (χ2n) is 6.90. The van der Waals surface area contributed by atoms with E-state index >= 15 is 0 Å². The van der Waals surface area contributed by atoms with Gasteiger partial charge in [0, 0.05) is 29.9 Å². The number of thiophene rings is 1. The molecule has 1 amide bonds. The predicted molar refractivity (Wildman–Crippen MR) is 112 cm³/mol. The Morgan fingerprint density at radius 3 is 2.50 bits per heavy atom. The Morgan fingerprint density at radius 2 is 1.81 bits per heavy atom. The third-order valence-electron chi connectivity index (χ3n) is 4.97. The summed E-state index contributed by atoms with van der Waals surface area (Å²) < 4.78 is 0. The monoisotopic (exact) mass is 386 g/mol. The molecule has 2 aromatic heterocycles. The van der Waals surface area contributed by atoms with E-state index in [1.54, 1.807) is 4.90 Å². The first-order valence-electron chi connectivity index (χ1n) is 8.80. The van der Waals surface area contributed by atoms with E-state index in [1.807, 2.05) is 50.6 Å². The maximum atomic E-state index is 13.0. The third kappa shape index (κ3) is 3.01. The molecule has 5 heteroatoms. The number of amides is 1. The molecule has 3 nitrogen and oxygen atoms in total. The fraction of sp³-hybridized carbons (Fsp3) is 0.333. The number of aromatic nitrogens is 1. The van der Waals surface area contributed by atoms with Crippen LogP contribution in [0.4, 0.5) is 0 Å². The van der Waals surface area contributed by atoms with Gasteiger partial charge in [-0.3, -0.25) is 4.79 Å². The second kappa shape index (κ2) is 7.37. The maximum Gasteiger partial charge on any atom is 0.255 e. The summed E-state index contributed by atoms with van der Waals surface area (Å²) in [6.07, 6.45) is 4.71. The largest absolute Gasteiger partial charge is 0.345 e. The number of benzene rings is 1. The van der Waals surface area contributed by atoms with Crippen molar-refractivity contribution >= 4 is 39.9 Å². The molecule has 0 atom stereocenters. The number of nitrogens with zero attached hydrogens (tertiary/aromatic N) is 2. The van der Waals surface area contributed by atoms with Gasteiger partial charge >= 0.3 is 0 Å². The highest BCUT2D eigenvalue weighted by Gasteiger charge is 2.26. The Balaban J connectivity index is 0.00000196. The molecule has 0 fully saturated rings. The van der Waals surface area contributed by atoms with Crippen molar-refractivity contribution < 1.29 is 4.79 Å². The summed E-state index contributed by atoms with van der Waals surface area (Å²) in [6, 6.07) is 10.3. The molecule has 0 saturated heterocycles. The minimum Gasteiger partial charge on any atom is -0.345 e. The quantitative estimate of drug-likeness (QED) is 0.600. The standard InChI is InChI=1S/C21H22N2OS.ClH/c1-13-17(21(24)23(2)3)18(14-9-5-4-6-10-14)19-15-11-7-8-12-16(15)25-20(19)22-13;/h4-6,9-10H,7-8,11-12H2,1-3H3;1H. The fourth-order valence-electron chi connectivity index (χ4n) is 3.78. The predicted octanol–water partition coefficient (Wildman–Crippen LogP) is 5.27. The first-order valence-corrected chi connectivity index (χ1v) is 9.61. The van der Waals surface area contributed by atoms with Gasteiger partial charge in [-0.15, -0.1) is 23.7 Å². The summed E-state index contributed by atoms with van der Waals surface area (Å²) in [6.45, 7) is 1.96. The van der Waals surface area contributed by atoms with Crippen molar-refractivity contribution in [2.24, 2.45) is 0 Å². The van der Waals surface area contributed by atoms with Crippen LogP contribution in [0.15, 0.2) is 30.3 Å². The topological polar surface area (TPSA) is 33.2 Å². The molecule has 136 valence electrons. The third-order valence-corrected chi connectivity index (χ3v) is 6.15. The molecular weight excluding hydrogens is 364 g/mol. The van der Waals surface area contributed by atoms with Gasteiger partial charge in [0.15, 0.2) is 0 Å². The number of rotatable bonds is 2. The van der Waals surface area contributed by atoms with E-state index in [4.69, 9.17) is 4.98 Å². The number of hydrogen-bond donors (Lipinski definition) is 0. The molecule has 0 aliphatic heterocycles. The number of aryl methyl sites for hydroxylation is 3. The van der Waals surface area contributed by atoms with Gasteiger partial charge in [0.05, 0.1) is 11.3 Å². The summed E-state index contributed by atoms with van der Waals surface area (Å²) >= 11 is 1.82. The summed E-state index contributed by atoms with van der Waals surface area (Å²) in [5.74, 6) is 0.0292. The lowest BCUT2D eigenvalue weighted by atomic mass is 9.89. The molecule has 3 aromatic rings. The zero-order valence-electron chi connectivity index (χ0n) is 15.3. The molecule has 26 heavy (non-hydrogen) atoms. The van der Waals surface area contributed by atoms with Crippen LogP contribution in [0, 0.1) is 6.92 Å². The molecule has 0 radical (unpaired) electrons. The van der Waals surface area contributed by atoms with E-state index in [1.165, 1.54) is 28.7 Å². The van der Waals surface area contributed by atoms with Crippen LogP contribution in [0.5, 0.6) is 0 Å². The molecule has 0 saturated carbocycles. The van der Waals surface area contributed by atoms with Crippen LogP contribution in [-0.4, -0.2) is 29.9 Å². The van der Waals surface area contributed by atoms with Crippen LogP contribution < -0.4 is 0 Å². The molecule has 1 aliphatic carbocycles. The van der Waals surface area contributed by atoms with E-state index in [-0.39, 0.29) is 18.3 Å². The number of fused-ring (bicyclic) bond motifs is 3. The molecule has 0 spiro atoms. The van der Waals surface area contributed by atoms with Crippen molar-refractivity contribution in [2.45, 2.75) is 32.6 Å². The molecule has 4 rings (SSSR count). The van der Waals surface area contributed by atoms with Crippen LogP contribution in [0.1, 0.15) is 39.3 Å². The molecule has 1 aliphatic rings. The smallest absolute Gasteiger partial charge is 0.255 e. The number of pyridine rings is 1. The number of halogens is 1. The van der Waals surface area contributed by atoms with Gasteiger partial charge in [-0.05, 0) is 43.7 Å². The first kappa shape index (κ1) is 18.9. The molecule has 0 unspecified atom stereocenters. The van der Waals surface area contributed by atoms with Gasteiger partial charge < -0.3 is 4.90 Å². The zero-order valence-corrected chi connectivity index (χ0v) is 17.0. The molecule has 0 bridgehead atoms. The van der Waals surface area contributed by atoms with Gasteiger partial charge in [0.1, 0.15) is 4.83 Å². The minimum absolute atomic E-state index is 0. The van der Waals surface area contributed by atoms with E-state index in [2.05, 4.69) is 12.1 Å². The van der Waals surface area contributed by atoms with Crippen LogP contribution >= 0.6 is 23.7 Å². The van der Waals surface area contributed by atoms with Gasteiger partial charge in [-0.2, -0.15) is 0 Å². The van der Waals surface area contributed by atoms with Gasteiger partial charge in [0.25, 0.3) is 5.91 Å². The summed E-state index contributed by atoms with van der Waals surface area (Å²) in [7, 11) is 3.62. The van der Waals surface area contributed by atoms with Gasteiger partial charge in [0.2, 0.25) is 0 Å². The Kier molecular flexibility index (Phi) is 5.35. The van der Waals surface area contributed by atoms with Crippen molar-refractivity contribution in [1.82, 2.24) is 9.88 Å². The first-order chi connectivity index (χ1) is 12.1. The second-order valence-corrected chi connectivity index (χ2v) is 7.99. The SMILES string of the molecule is Cc1nc2sc3c(c2c(-c2ccccc2)c1C(=O)N(C)C)CCCC3.Cl. The van der Waals surface area contributed by atoms with E-state index in [9.17, 15) is 4.79 Å². The molecule has 1 aromatic carbocycles. The normalized spacial score (nSPS) is 13.2.